The number of halogens is 4. The van der Waals surface area contributed by atoms with Gasteiger partial charge in [-0.05, 0) is 37.1 Å². The van der Waals surface area contributed by atoms with Gasteiger partial charge < -0.3 is 5.32 Å². The van der Waals surface area contributed by atoms with Gasteiger partial charge in [0.15, 0.2) is 0 Å². The highest BCUT2D eigenvalue weighted by Crippen LogP contribution is 2.35. The predicted octanol–water partition coefficient (Wildman–Crippen LogP) is 3.40. The van der Waals surface area contributed by atoms with E-state index in [0.717, 1.165) is 21.3 Å². The van der Waals surface area contributed by atoms with Crippen molar-refractivity contribution in [2.45, 2.75) is 43.7 Å². The maximum absolute atomic E-state index is 14.2. The van der Waals surface area contributed by atoms with Gasteiger partial charge in [0.25, 0.3) is 10.2 Å². The molecular formula is C24H26ClF3N4O4S. The SMILES string of the molecule is O=C(NC1CCC(F)(F)CC1)C(c1ccccc1Cl)N(C(=O)CNS(=O)(=O)N1CC1)c1cccc(F)c1. The summed E-state index contributed by atoms with van der Waals surface area (Å²) in [5.74, 6) is -5.05. The fraction of sp³-hybridized carbons (Fsp3) is 0.417. The molecule has 2 aromatic carbocycles. The number of hydrogen-bond acceptors (Lipinski definition) is 4. The van der Waals surface area contributed by atoms with E-state index in [1.165, 1.54) is 24.3 Å². The summed E-state index contributed by atoms with van der Waals surface area (Å²) in [6.07, 6.45) is -0.700. The van der Waals surface area contributed by atoms with Crippen LogP contribution in [0.2, 0.25) is 5.02 Å². The van der Waals surface area contributed by atoms with E-state index in [1.54, 1.807) is 12.1 Å². The van der Waals surface area contributed by atoms with Gasteiger partial charge in [-0.2, -0.15) is 17.4 Å². The quantitative estimate of drug-likeness (QED) is 0.461. The zero-order valence-electron chi connectivity index (χ0n) is 19.7. The van der Waals surface area contributed by atoms with E-state index in [-0.39, 0.29) is 42.0 Å². The minimum atomic E-state index is -3.89. The van der Waals surface area contributed by atoms with Crippen molar-refractivity contribution >= 4 is 39.3 Å². The summed E-state index contributed by atoms with van der Waals surface area (Å²) in [6, 6.07) is 9.18. The Morgan fingerprint density at radius 2 is 1.78 bits per heavy atom. The number of carbonyl (C=O) groups is 2. The Hall–Kier alpha value is -2.67. The molecule has 2 fully saturated rings. The van der Waals surface area contributed by atoms with Gasteiger partial charge in [0, 0.05) is 48.2 Å². The topological polar surface area (TPSA) is 98.6 Å². The second-order valence-corrected chi connectivity index (χ2v) is 11.2. The van der Waals surface area contributed by atoms with Crippen LogP contribution in [0.3, 0.4) is 0 Å². The smallest absolute Gasteiger partial charge is 0.280 e. The van der Waals surface area contributed by atoms with Crippen molar-refractivity contribution in [1.29, 1.82) is 0 Å². The van der Waals surface area contributed by atoms with Gasteiger partial charge in [-0.25, -0.2) is 13.2 Å². The molecule has 0 radical (unpaired) electrons. The number of amides is 2. The third-order valence-electron chi connectivity index (χ3n) is 6.28. The van der Waals surface area contributed by atoms with Crippen molar-refractivity contribution in [1.82, 2.24) is 14.3 Å². The Bertz CT molecular complexity index is 1270. The molecule has 1 aliphatic carbocycles. The summed E-state index contributed by atoms with van der Waals surface area (Å²) in [5.41, 5.74) is 0.195. The third kappa shape index (κ3) is 6.81. The van der Waals surface area contributed by atoms with E-state index in [1.807, 2.05) is 0 Å². The van der Waals surface area contributed by atoms with E-state index in [4.69, 9.17) is 11.6 Å². The Morgan fingerprint density at radius 3 is 2.41 bits per heavy atom. The maximum Gasteiger partial charge on any atom is 0.280 e. The minimum absolute atomic E-state index is 0.00817. The first kappa shape index (κ1) is 27.4. The highest BCUT2D eigenvalue weighted by atomic mass is 35.5. The Labute approximate surface area is 217 Å². The molecule has 8 nitrogen and oxygen atoms in total. The molecule has 2 N–H and O–H groups in total. The Morgan fingerprint density at radius 1 is 1.11 bits per heavy atom. The first-order valence-corrected chi connectivity index (χ1v) is 13.5. The monoisotopic (exact) mass is 558 g/mol. The summed E-state index contributed by atoms with van der Waals surface area (Å²) in [7, 11) is -3.89. The largest absolute Gasteiger partial charge is 0.351 e. The van der Waals surface area contributed by atoms with Crippen molar-refractivity contribution in [3.05, 3.63) is 64.9 Å². The van der Waals surface area contributed by atoms with Crippen LogP contribution in [0.25, 0.3) is 0 Å². The van der Waals surface area contributed by atoms with Crippen LogP contribution in [0.1, 0.15) is 37.3 Å². The zero-order valence-corrected chi connectivity index (χ0v) is 21.2. The highest BCUT2D eigenvalue weighted by molar-refractivity contribution is 7.87. The van der Waals surface area contributed by atoms with Gasteiger partial charge in [0.1, 0.15) is 11.9 Å². The molecule has 2 aromatic rings. The molecule has 1 saturated heterocycles. The van der Waals surface area contributed by atoms with Crippen LogP contribution in [0, 0.1) is 5.82 Å². The number of nitrogens with zero attached hydrogens (tertiary/aromatic N) is 2. The average molecular weight is 559 g/mol. The van der Waals surface area contributed by atoms with Crippen molar-refractivity contribution < 1.29 is 31.2 Å². The first-order chi connectivity index (χ1) is 17.5. The zero-order chi connectivity index (χ0) is 26.8. The van der Waals surface area contributed by atoms with Gasteiger partial charge in [-0.3, -0.25) is 14.5 Å². The lowest BCUT2D eigenvalue weighted by atomic mass is 9.91. The molecule has 200 valence electrons. The number of hydrogen-bond donors (Lipinski definition) is 2. The molecule has 0 bridgehead atoms. The van der Waals surface area contributed by atoms with Crippen LogP contribution in [-0.4, -0.2) is 56.1 Å². The summed E-state index contributed by atoms with van der Waals surface area (Å²) >= 11 is 6.40. The molecule has 1 unspecified atom stereocenters. The second kappa shape index (κ2) is 11.0. The normalized spacial score (nSPS) is 18.7. The van der Waals surface area contributed by atoms with Crippen molar-refractivity contribution in [3.63, 3.8) is 0 Å². The summed E-state index contributed by atoms with van der Waals surface area (Å²) in [5, 5.41) is 2.87. The molecule has 4 rings (SSSR count). The molecule has 2 amide bonds. The van der Waals surface area contributed by atoms with E-state index in [9.17, 15) is 31.2 Å². The molecular weight excluding hydrogens is 533 g/mol. The van der Waals surface area contributed by atoms with E-state index in [0.29, 0.717) is 13.1 Å². The number of carbonyl (C=O) groups excluding carboxylic acids is 2. The molecule has 1 saturated carbocycles. The fourth-order valence-corrected chi connectivity index (χ4v) is 5.52. The van der Waals surface area contributed by atoms with Crippen LogP contribution >= 0.6 is 11.6 Å². The van der Waals surface area contributed by atoms with Gasteiger partial charge in [-0.1, -0.05) is 35.9 Å². The molecule has 1 heterocycles. The number of alkyl halides is 2. The molecule has 0 aromatic heterocycles. The fourth-order valence-electron chi connectivity index (χ4n) is 4.23. The summed E-state index contributed by atoms with van der Waals surface area (Å²) in [6.45, 7) is -0.0658. The number of benzene rings is 2. The minimum Gasteiger partial charge on any atom is -0.351 e. The summed E-state index contributed by atoms with van der Waals surface area (Å²) < 4.78 is 69.4. The van der Waals surface area contributed by atoms with Crippen LogP contribution in [0.15, 0.2) is 48.5 Å². The number of nitrogens with one attached hydrogen (secondary N) is 2. The lowest BCUT2D eigenvalue weighted by Crippen LogP contribution is -2.50. The molecule has 1 atom stereocenters. The van der Waals surface area contributed by atoms with E-state index < -0.39 is 52.4 Å². The van der Waals surface area contributed by atoms with Gasteiger partial charge in [-0.15, -0.1) is 0 Å². The molecule has 37 heavy (non-hydrogen) atoms. The molecule has 2 aliphatic rings. The van der Waals surface area contributed by atoms with Gasteiger partial charge in [0.05, 0.1) is 6.54 Å². The first-order valence-electron chi connectivity index (χ1n) is 11.7. The second-order valence-electron chi connectivity index (χ2n) is 9.03. The van der Waals surface area contributed by atoms with Crippen molar-refractivity contribution in [3.8, 4) is 0 Å². The van der Waals surface area contributed by atoms with Crippen LogP contribution < -0.4 is 14.9 Å². The summed E-state index contributed by atoms with van der Waals surface area (Å²) in [4.78, 5) is 28.1. The molecule has 13 heteroatoms. The third-order valence-corrected chi connectivity index (χ3v) is 8.18. The molecule has 0 spiro atoms. The van der Waals surface area contributed by atoms with Gasteiger partial charge >= 0.3 is 0 Å². The Balaban J connectivity index is 1.69. The van der Waals surface area contributed by atoms with Crippen molar-refractivity contribution in [2.75, 3.05) is 24.5 Å². The highest BCUT2D eigenvalue weighted by Gasteiger charge is 2.39. The number of rotatable bonds is 9. The van der Waals surface area contributed by atoms with Gasteiger partial charge in [0.2, 0.25) is 17.7 Å². The predicted molar refractivity (Wildman–Crippen MR) is 132 cm³/mol. The lowest BCUT2D eigenvalue weighted by Gasteiger charge is -2.35. The van der Waals surface area contributed by atoms with E-state index in [2.05, 4.69) is 10.0 Å². The molecule has 1 aliphatic heterocycles. The van der Waals surface area contributed by atoms with Crippen LogP contribution in [-0.2, 0) is 19.8 Å². The van der Waals surface area contributed by atoms with Crippen molar-refractivity contribution in [2.24, 2.45) is 0 Å². The number of anilines is 1. The van der Waals surface area contributed by atoms with Crippen LogP contribution in [0.5, 0.6) is 0 Å². The average Bonchev–Trinajstić information content (AvgIpc) is 3.69. The van der Waals surface area contributed by atoms with E-state index >= 15 is 0 Å². The van der Waals surface area contributed by atoms with Crippen LogP contribution in [0.4, 0.5) is 18.9 Å². The lowest BCUT2D eigenvalue weighted by molar-refractivity contribution is -0.127. The Kier molecular flexibility index (Phi) is 8.12. The standard InChI is InChI=1S/C24H26ClF3N4O4S/c25-20-7-2-1-6-19(20)22(23(34)30-17-8-10-24(27,28)11-9-17)32(18-5-3-4-16(26)14-18)21(33)15-29-37(35,36)31-12-13-31/h1-7,14,17,22,29H,8-13,15H2,(H,30,34). The maximum atomic E-state index is 14.2.